The van der Waals surface area contributed by atoms with Gasteiger partial charge in [0.1, 0.15) is 0 Å². The van der Waals surface area contributed by atoms with E-state index in [0.29, 0.717) is 23.7 Å². The second kappa shape index (κ2) is 11.0. The van der Waals surface area contributed by atoms with Crippen molar-refractivity contribution in [2.24, 2.45) is 4.99 Å². The fourth-order valence-corrected chi connectivity index (χ4v) is 5.21. The van der Waals surface area contributed by atoms with Gasteiger partial charge < -0.3 is 15.0 Å². The number of esters is 1. The number of nitrogens with one attached hydrogen (secondary N) is 1. The van der Waals surface area contributed by atoms with Gasteiger partial charge in [-0.2, -0.15) is 0 Å². The third-order valence-corrected chi connectivity index (χ3v) is 6.88. The predicted molar refractivity (Wildman–Crippen MR) is 142 cm³/mol. The Balaban J connectivity index is 1.89. The molecule has 182 valence electrons. The number of aliphatic imine (C=N–C) groups is 1. The van der Waals surface area contributed by atoms with E-state index in [2.05, 4.69) is 43.4 Å². The summed E-state index contributed by atoms with van der Waals surface area (Å²) in [5.41, 5.74) is 4.91. The molecule has 0 bridgehead atoms. The van der Waals surface area contributed by atoms with Crippen LogP contribution in [0.15, 0.2) is 76.3 Å². The van der Waals surface area contributed by atoms with E-state index < -0.39 is 12.0 Å². The number of rotatable bonds is 8. The minimum absolute atomic E-state index is 0.0648. The molecule has 0 saturated carbocycles. The summed E-state index contributed by atoms with van der Waals surface area (Å²) in [6.07, 6.45) is 0.206. The molecular weight excluding hydrogens is 458 g/mol. The Labute approximate surface area is 211 Å². The number of ether oxygens (including phenoxy) is 1. The SMILES string of the molecule is CCNC(=O)CC1=CSC2=NC(c3ccccc3)=C(C(=O)OCC)C(c3ccc(C(C)C)cc3)N12. The Morgan fingerprint density at radius 1 is 1.09 bits per heavy atom. The molecule has 6 nitrogen and oxygen atoms in total. The van der Waals surface area contributed by atoms with Crippen molar-refractivity contribution in [1.82, 2.24) is 10.2 Å². The molecule has 0 radical (unpaired) electrons. The number of benzene rings is 2. The lowest BCUT2D eigenvalue weighted by molar-refractivity contribution is -0.139. The van der Waals surface area contributed by atoms with Gasteiger partial charge in [-0.15, -0.1) is 0 Å². The number of fused-ring (bicyclic) bond motifs is 1. The van der Waals surface area contributed by atoms with Gasteiger partial charge in [0.25, 0.3) is 0 Å². The molecule has 0 aromatic heterocycles. The monoisotopic (exact) mass is 489 g/mol. The summed E-state index contributed by atoms with van der Waals surface area (Å²) >= 11 is 1.47. The quantitative estimate of drug-likeness (QED) is 0.488. The van der Waals surface area contributed by atoms with Gasteiger partial charge in [0.05, 0.1) is 30.3 Å². The van der Waals surface area contributed by atoms with Crippen molar-refractivity contribution in [2.75, 3.05) is 13.2 Å². The number of nitrogens with zero attached hydrogens (tertiary/aromatic N) is 2. The average Bonchev–Trinajstić information content (AvgIpc) is 3.26. The summed E-state index contributed by atoms with van der Waals surface area (Å²) in [6, 6.07) is 17.6. The summed E-state index contributed by atoms with van der Waals surface area (Å²) in [5, 5.41) is 5.58. The standard InChI is InChI=1S/C28H31N3O3S/c1-5-29-23(32)16-22-17-35-28-30-25(20-10-8-7-9-11-20)24(27(33)34-6-2)26(31(22)28)21-14-12-19(13-15-21)18(3)4/h7-15,17-18,26H,5-6,16H2,1-4H3,(H,29,32). The number of hydrogen-bond donors (Lipinski definition) is 1. The lowest BCUT2D eigenvalue weighted by atomic mass is 9.90. The van der Waals surface area contributed by atoms with Gasteiger partial charge >= 0.3 is 5.97 Å². The van der Waals surface area contributed by atoms with Crippen molar-refractivity contribution in [3.63, 3.8) is 0 Å². The fraction of sp³-hybridized carbons (Fsp3) is 0.321. The fourth-order valence-electron chi connectivity index (χ4n) is 4.29. The highest BCUT2D eigenvalue weighted by molar-refractivity contribution is 8.16. The van der Waals surface area contributed by atoms with Crippen LogP contribution in [0.2, 0.25) is 0 Å². The summed E-state index contributed by atoms with van der Waals surface area (Å²) < 4.78 is 5.55. The lowest BCUT2D eigenvalue weighted by Crippen LogP contribution is -2.38. The summed E-state index contributed by atoms with van der Waals surface area (Å²) in [5.74, 6) is -0.0746. The largest absolute Gasteiger partial charge is 0.463 e. The number of carbonyl (C=O) groups excluding carboxylic acids is 2. The van der Waals surface area contributed by atoms with Crippen molar-refractivity contribution in [1.29, 1.82) is 0 Å². The molecule has 2 aromatic rings. The molecule has 1 unspecified atom stereocenters. The number of thioether (sulfide) groups is 1. The highest BCUT2D eigenvalue weighted by Crippen LogP contribution is 2.47. The van der Waals surface area contributed by atoms with E-state index in [1.165, 1.54) is 17.3 Å². The average molecular weight is 490 g/mol. The van der Waals surface area contributed by atoms with Crippen molar-refractivity contribution in [3.8, 4) is 0 Å². The first-order chi connectivity index (χ1) is 16.9. The molecule has 0 saturated heterocycles. The van der Waals surface area contributed by atoms with Crippen LogP contribution in [0.5, 0.6) is 0 Å². The van der Waals surface area contributed by atoms with Crippen molar-refractivity contribution in [3.05, 3.63) is 88.0 Å². The van der Waals surface area contributed by atoms with Gasteiger partial charge in [-0.1, -0.05) is 80.2 Å². The topological polar surface area (TPSA) is 71.0 Å². The zero-order valence-electron chi connectivity index (χ0n) is 20.6. The highest BCUT2D eigenvalue weighted by Gasteiger charge is 2.42. The van der Waals surface area contributed by atoms with E-state index in [1.54, 1.807) is 6.92 Å². The van der Waals surface area contributed by atoms with Gasteiger partial charge in [0, 0.05) is 17.8 Å². The molecular formula is C28H31N3O3S. The molecule has 7 heteroatoms. The van der Waals surface area contributed by atoms with Crippen LogP contribution >= 0.6 is 11.8 Å². The van der Waals surface area contributed by atoms with Crippen molar-refractivity contribution < 1.29 is 14.3 Å². The molecule has 4 rings (SSSR count). The number of carbonyl (C=O) groups is 2. The van der Waals surface area contributed by atoms with Crippen LogP contribution in [-0.2, 0) is 14.3 Å². The second-order valence-corrected chi connectivity index (χ2v) is 9.53. The predicted octanol–water partition coefficient (Wildman–Crippen LogP) is 5.61. The van der Waals surface area contributed by atoms with Crippen LogP contribution in [0.1, 0.15) is 62.8 Å². The molecule has 1 atom stereocenters. The van der Waals surface area contributed by atoms with Gasteiger partial charge in [-0.25, -0.2) is 9.79 Å². The van der Waals surface area contributed by atoms with Crippen molar-refractivity contribution in [2.45, 2.75) is 46.1 Å². The Kier molecular flexibility index (Phi) is 7.76. The van der Waals surface area contributed by atoms with E-state index >= 15 is 0 Å². The van der Waals surface area contributed by atoms with Gasteiger partial charge in [-0.3, -0.25) is 4.79 Å². The molecule has 0 aliphatic carbocycles. The Hall–Kier alpha value is -3.32. The Morgan fingerprint density at radius 2 is 1.80 bits per heavy atom. The maximum Gasteiger partial charge on any atom is 0.338 e. The third kappa shape index (κ3) is 5.20. The van der Waals surface area contributed by atoms with Crippen LogP contribution in [-0.4, -0.2) is 35.1 Å². The minimum atomic E-state index is -0.464. The first kappa shape index (κ1) is 24.8. The summed E-state index contributed by atoms with van der Waals surface area (Å²) in [7, 11) is 0. The molecule has 35 heavy (non-hydrogen) atoms. The first-order valence-corrected chi connectivity index (χ1v) is 12.9. The number of amidine groups is 1. The van der Waals surface area contributed by atoms with Crippen molar-refractivity contribution >= 4 is 34.5 Å². The lowest BCUT2D eigenvalue weighted by Gasteiger charge is -2.37. The number of hydrogen-bond acceptors (Lipinski definition) is 6. The molecule has 2 heterocycles. The molecule has 2 aliphatic rings. The van der Waals surface area contributed by atoms with Crippen LogP contribution in [0.3, 0.4) is 0 Å². The molecule has 0 spiro atoms. The molecule has 2 aliphatic heterocycles. The van der Waals surface area contributed by atoms with E-state index in [1.807, 2.05) is 47.6 Å². The summed E-state index contributed by atoms with van der Waals surface area (Å²) in [6.45, 7) is 8.83. The molecule has 2 aromatic carbocycles. The highest BCUT2D eigenvalue weighted by atomic mass is 32.2. The van der Waals surface area contributed by atoms with E-state index in [4.69, 9.17) is 9.73 Å². The van der Waals surface area contributed by atoms with Crippen LogP contribution < -0.4 is 5.32 Å². The third-order valence-electron chi connectivity index (χ3n) is 5.99. The maximum absolute atomic E-state index is 13.5. The zero-order valence-corrected chi connectivity index (χ0v) is 21.4. The van der Waals surface area contributed by atoms with E-state index in [-0.39, 0.29) is 18.9 Å². The van der Waals surface area contributed by atoms with Crippen LogP contribution in [0.25, 0.3) is 5.70 Å². The van der Waals surface area contributed by atoms with Gasteiger partial charge in [0.15, 0.2) is 5.17 Å². The minimum Gasteiger partial charge on any atom is -0.463 e. The molecule has 0 fully saturated rings. The van der Waals surface area contributed by atoms with Crippen LogP contribution in [0.4, 0.5) is 0 Å². The normalized spacial score (nSPS) is 17.2. The first-order valence-electron chi connectivity index (χ1n) is 12.0. The summed E-state index contributed by atoms with van der Waals surface area (Å²) in [4.78, 5) is 32.9. The Bertz CT molecular complexity index is 1180. The molecule has 1 amide bonds. The van der Waals surface area contributed by atoms with Gasteiger partial charge in [0.2, 0.25) is 5.91 Å². The van der Waals surface area contributed by atoms with Crippen LogP contribution in [0, 0.1) is 0 Å². The van der Waals surface area contributed by atoms with E-state index in [0.717, 1.165) is 22.0 Å². The van der Waals surface area contributed by atoms with E-state index in [9.17, 15) is 9.59 Å². The number of amides is 1. The van der Waals surface area contributed by atoms with Gasteiger partial charge in [-0.05, 0) is 36.3 Å². The molecule has 1 N–H and O–H groups in total. The maximum atomic E-state index is 13.5. The zero-order chi connectivity index (χ0) is 24.9. The smallest absolute Gasteiger partial charge is 0.338 e. The second-order valence-electron chi connectivity index (χ2n) is 8.69. The Morgan fingerprint density at radius 3 is 2.43 bits per heavy atom.